The number of esters is 1. The maximum Gasteiger partial charge on any atom is 0.340 e. The quantitative estimate of drug-likeness (QED) is 0.715. The molecule has 3 aromatic rings. The van der Waals surface area contributed by atoms with Crippen molar-refractivity contribution in [2.45, 2.75) is 6.54 Å². The Morgan fingerprint density at radius 1 is 1.17 bits per heavy atom. The van der Waals surface area contributed by atoms with E-state index in [2.05, 4.69) is 5.43 Å². The summed E-state index contributed by atoms with van der Waals surface area (Å²) in [5.41, 5.74) is 5.62. The largest absolute Gasteiger partial charge is 0.494 e. The van der Waals surface area contributed by atoms with Crippen LogP contribution in [0, 0.1) is 0 Å². The summed E-state index contributed by atoms with van der Waals surface area (Å²) >= 11 is 5.91. The number of halogens is 1. The zero-order chi connectivity index (χ0) is 17.1. The SMILES string of the molecule is COC(=O)c1cn(NCc2ccc(Cl)cc2)c2c(OC)cccc12. The van der Waals surface area contributed by atoms with Crippen LogP contribution in [0.15, 0.2) is 48.7 Å². The van der Waals surface area contributed by atoms with E-state index in [0.29, 0.717) is 22.9 Å². The van der Waals surface area contributed by atoms with E-state index in [1.165, 1.54) is 7.11 Å². The third-order valence-electron chi connectivity index (χ3n) is 3.78. The third kappa shape index (κ3) is 3.03. The number of ether oxygens (including phenoxy) is 2. The van der Waals surface area contributed by atoms with Gasteiger partial charge in [0.1, 0.15) is 11.3 Å². The minimum Gasteiger partial charge on any atom is -0.494 e. The molecule has 3 rings (SSSR count). The van der Waals surface area contributed by atoms with Crippen LogP contribution in [0.2, 0.25) is 5.02 Å². The Kier molecular flexibility index (Phi) is 4.62. The van der Waals surface area contributed by atoms with E-state index in [0.717, 1.165) is 16.5 Å². The molecule has 6 heteroatoms. The minimum absolute atomic E-state index is 0.389. The van der Waals surface area contributed by atoms with Crippen molar-refractivity contribution in [3.05, 3.63) is 64.8 Å². The molecule has 0 saturated heterocycles. The van der Waals surface area contributed by atoms with Gasteiger partial charge in [0, 0.05) is 16.6 Å². The predicted octanol–water partition coefficient (Wildman–Crippen LogP) is 3.83. The number of aromatic nitrogens is 1. The Balaban J connectivity index is 1.99. The van der Waals surface area contributed by atoms with Crippen LogP contribution in [0.4, 0.5) is 0 Å². The van der Waals surface area contributed by atoms with Crippen molar-refractivity contribution in [2.24, 2.45) is 0 Å². The second kappa shape index (κ2) is 6.84. The Morgan fingerprint density at radius 3 is 2.58 bits per heavy atom. The molecule has 5 nitrogen and oxygen atoms in total. The van der Waals surface area contributed by atoms with Crippen LogP contribution >= 0.6 is 11.6 Å². The second-order valence-electron chi connectivity index (χ2n) is 5.22. The average molecular weight is 345 g/mol. The van der Waals surface area contributed by atoms with Gasteiger partial charge in [-0.15, -0.1) is 0 Å². The topological polar surface area (TPSA) is 52.5 Å². The lowest BCUT2D eigenvalue weighted by molar-refractivity contribution is 0.0603. The van der Waals surface area contributed by atoms with Crippen molar-refractivity contribution >= 4 is 28.5 Å². The van der Waals surface area contributed by atoms with E-state index in [-0.39, 0.29) is 5.97 Å². The molecular formula is C18H17ClN2O3. The Bertz CT molecular complexity index is 872. The molecule has 0 bridgehead atoms. The fourth-order valence-corrected chi connectivity index (χ4v) is 2.72. The van der Waals surface area contributed by atoms with Crippen molar-refractivity contribution in [1.29, 1.82) is 0 Å². The Labute approximate surface area is 144 Å². The molecule has 0 aliphatic carbocycles. The fourth-order valence-electron chi connectivity index (χ4n) is 2.59. The molecule has 1 aromatic heterocycles. The number of rotatable bonds is 5. The first-order valence-corrected chi connectivity index (χ1v) is 7.76. The first-order valence-electron chi connectivity index (χ1n) is 7.38. The molecule has 0 amide bonds. The Hall–Kier alpha value is -2.66. The van der Waals surface area contributed by atoms with E-state index in [1.807, 2.05) is 42.5 Å². The summed E-state index contributed by atoms with van der Waals surface area (Å²) < 4.78 is 12.1. The van der Waals surface area contributed by atoms with Crippen molar-refractivity contribution in [3.8, 4) is 5.75 Å². The van der Waals surface area contributed by atoms with Gasteiger partial charge in [-0.25, -0.2) is 4.79 Å². The molecule has 24 heavy (non-hydrogen) atoms. The number of nitrogens with one attached hydrogen (secondary N) is 1. The molecular weight excluding hydrogens is 328 g/mol. The zero-order valence-electron chi connectivity index (χ0n) is 13.4. The van der Waals surface area contributed by atoms with Gasteiger partial charge in [0.2, 0.25) is 0 Å². The number of para-hydroxylation sites is 1. The van der Waals surface area contributed by atoms with Gasteiger partial charge in [-0.05, 0) is 23.8 Å². The monoisotopic (exact) mass is 344 g/mol. The normalized spacial score (nSPS) is 10.6. The molecule has 1 N–H and O–H groups in total. The van der Waals surface area contributed by atoms with E-state index < -0.39 is 0 Å². The van der Waals surface area contributed by atoms with Gasteiger partial charge in [0.15, 0.2) is 0 Å². The van der Waals surface area contributed by atoms with Crippen LogP contribution in [-0.4, -0.2) is 24.9 Å². The molecule has 0 spiro atoms. The third-order valence-corrected chi connectivity index (χ3v) is 4.03. The van der Waals surface area contributed by atoms with Crippen LogP contribution in [0.3, 0.4) is 0 Å². The van der Waals surface area contributed by atoms with Gasteiger partial charge in [0.25, 0.3) is 0 Å². The highest BCUT2D eigenvalue weighted by Crippen LogP contribution is 2.29. The summed E-state index contributed by atoms with van der Waals surface area (Å²) in [6.45, 7) is 0.569. The van der Waals surface area contributed by atoms with Crippen LogP contribution in [0.1, 0.15) is 15.9 Å². The molecule has 2 aromatic carbocycles. The molecule has 0 aliphatic rings. The molecule has 0 radical (unpaired) electrons. The summed E-state index contributed by atoms with van der Waals surface area (Å²) in [6.07, 6.45) is 1.72. The number of nitrogens with zero attached hydrogens (tertiary/aromatic N) is 1. The number of carbonyl (C=O) groups is 1. The standard InChI is InChI=1S/C18H17ClN2O3/c1-23-16-5-3-4-14-15(18(22)24-2)11-21(17(14)16)20-10-12-6-8-13(19)9-7-12/h3-9,11,20H,10H2,1-2H3. The number of hydrogen-bond acceptors (Lipinski definition) is 4. The van der Waals surface area contributed by atoms with Gasteiger partial charge in [0.05, 0.1) is 26.3 Å². The van der Waals surface area contributed by atoms with Crippen LogP contribution in [0.25, 0.3) is 10.9 Å². The summed E-state index contributed by atoms with van der Waals surface area (Å²) in [5.74, 6) is 0.284. The van der Waals surface area contributed by atoms with Gasteiger partial charge in [-0.2, -0.15) is 0 Å². The number of methoxy groups -OCH3 is 2. The fraction of sp³-hybridized carbons (Fsp3) is 0.167. The highest BCUT2D eigenvalue weighted by atomic mass is 35.5. The minimum atomic E-state index is -0.389. The van der Waals surface area contributed by atoms with Crippen molar-refractivity contribution < 1.29 is 14.3 Å². The van der Waals surface area contributed by atoms with Gasteiger partial charge < -0.3 is 14.9 Å². The van der Waals surface area contributed by atoms with Crippen LogP contribution in [0.5, 0.6) is 5.75 Å². The van der Waals surface area contributed by atoms with Gasteiger partial charge >= 0.3 is 5.97 Å². The van der Waals surface area contributed by atoms with Crippen LogP contribution < -0.4 is 10.2 Å². The molecule has 0 fully saturated rings. The molecule has 0 saturated carbocycles. The van der Waals surface area contributed by atoms with E-state index >= 15 is 0 Å². The highest BCUT2D eigenvalue weighted by molar-refractivity contribution is 6.30. The summed E-state index contributed by atoms with van der Waals surface area (Å²) in [4.78, 5) is 12.0. The lowest BCUT2D eigenvalue weighted by Crippen LogP contribution is -2.13. The first-order chi connectivity index (χ1) is 11.6. The molecule has 0 unspecified atom stereocenters. The lowest BCUT2D eigenvalue weighted by atomic mass is 10.1. The summed E-state index contributed by atoms with van der Waals surface area (Å²) in [5, 5.41) is 1.46. The summed E-state index contributed by atoms with van der Waals surface area (Å²) in [6, 6.07) is 13.1. The maximum absolute atomic E-state index is 12.0. The van der Waals surface area contributed by atoms with E-state index in [1.54, 1.807) is 18.0 Å². The van der Waals surface area contributed by atoms with Crippen molar-refractivity contribution in [1.82, 2.24) is 4.68 Å². The molecule has 0 aliphatic heterocycles. The maximum atomic E-state index is 12.0. The highest BCUT2D eigenvalue weighted by Gasteiger charge is 2.18. The van der Waals surface area contributed by atoms with Gasteiger partial charge in [-0.1, -0.05) is 35.9 Å². The van der Waals surface area contributed by atoms with Crippen LogP contribution in [-0.2, 0) is 11.3 Å². The lowest BCUT2D eigenvalue weighted by Gasteiger charge is -2.11. The molecule has 1 heterocycles. The smallest absolute Gasteiger partial charge is 0.340 e. The summed E-state index contributed by atoms with van der Waals surface area (Å²) in [7, 11) is 2.97. The average Bonchev–Trinajstić information content (AvgIpc) is 2.99. The number of fused-ring (bicyclic) bond motifs is 1. The second-order valence-corrected chi connectivity index (χ2v) is 5.66. The molecule has 124 valence electrons. The number of hydrogen-bond donors (Lipinski definition) is 1. The predicted molar refractivity (Wildman–Crippen MR) is 94.3 cm³/mol. The molecule has 0 atom stereocenters. The van der Waals surface area contributed by atoms with Crippen molar-refractivity contribution in [3.63, 3.8) is 0 Å². The van der Waals surface area contributed by atoms with Gasteiger partial charge in [-0.3, -0.25) is 4.68 Å². The van der Waals surface area contributed by atoms with E-state index in [9.17, 15) is 4.79 Å². The first kappa shape index (κ1) is 16.2. The zero-order valence-corrected chi connectivity index (χ0v) is 14.1. The Morgan fingerprint density at radius 2 is 1.92 bits per heavy atom. The number of carbonyl (C=O) groups excluding carboxylic acids is 1. The van der Waals surface area contributed by atoms with Crippen molar-refractivity contribution in [2.75, 3.05) is 19.6 Å². The number of benzene rings is 2. The van der Waals surface area contributed by atoms with E-state index in [4.69, 9.17) is 21.1 Å².